The molecule has 0 unspecified atom stereocenters. The van der Waals surface area contributed by atoms with Crippen molar-refractivity contribution >= 4 is 17.3 Å². The Bertz CT molecular complexity index is 593. The molecular weight excluding hydrogens is 262 g/mol. The SMILES string of the molecule is CCc1ccc(OCc2c(C)nn(C)c2Cl)c(N)c1. The Morgan fingerprint density at radius 2 is 2.16 bits per heavy atom. The summed E-state index contributed by atoms with van der Waals surface area (Å²) in [7, 11) is 1.81. The van der Waals surface area contributed by atoms with Crippen LogP contribution in [0, 0.1) is 6.92 Å². The van der Waals surface area contributed by atoms with Gasteiger partial charge in [0.05, 0.1) is 11.4 Å². The average molecular weight is 280 g/mol. The molecule has 1 aromatic heterocycles. The van der Waals surface area contributed by atoms with Gasteiger partial charge in [0.2, 0.25) is 0 Å². The zero-order chi connectivity index (χ0) is 14.0. The maximum atomic E-state index is 6.16. The number of hydrogen-bond donors (Lipinski definition) is 1. The van der Waals surface area contributed by atoms with Crippen molar-refractivity contribution in [2.75, 3.05) is 5.73 Å². The average Bonchev–Trinajstić information content (AvgIpc) is 2.62. The molecule has 0 aliphatic heterocycles. The fourth-order valence-corrected chi connectivity index (χ4v) is 2.17. The molecule has 0 bridgehead atoms. The molecule has 0 atom stereocenters. The van der Waals surface area contributed by atoms with Crippen LogP contribution in [0.3, 0.4) is 0 Å². The highest BCUT2D eigenvalue weighted by atomic mass is 35.5. The summed E-state index contributed by atoms with van der Waals surface area (Å²) >= 11 is 6.16. The molecule has 0 saturated carbocycles. The van der Waals surface area contributed by atoms with E-state index < -0.39 is 0 Å². The van der Waals surface area contributed by atoms with Crippen molar-refractivity contribution in [3.05, 3.63) is 40.2 Å². The predicted molar refractivity (Wildman–Crippen MR) is 77.5 cm³/mol. The van der Waals surface area contributed by atoms with Crippen molar-refractivity contribution in [1.82, 2.24) is 9.78 Å². The van der Waals surface area contributed by atoms with E-state index in [4.69, 9.17) is 22.1 Å². The number of nitrogen functional groups attached to an aromatic ring is 1. The first-order valence-corrected chi connectivity index (χ1v) is 6.60. The highest BCUT2D eigenvalue weighted by Gasteiger charge is 2.12. The predicted octanol–water partition coefficient (Wildman–Crippen LogP) is 3.11. The van der Waals surface area contributed by atoms with Crippen LogP contribution in [0.4, 0.5) is 5.69 Å². The van der Waals surface area contributed by atoms with E-state index in [9.17, 15) is 0 Å². The number of aromatic nitrogens is 2. The zero-order valence-corrected chi connectivity index (χ0v) is 12.2. The van der Waals surface area contributed by atoms with Crippen LogP contribution in [0.1, 0.15) is 23.7 Å². The normalized spacial score (nSPS) is 10.7. The topological polar surface area (TPSA) is 53.1 Å². The monoisotopic (exact) mass is 279 g/mol. The molecule has 2 rings (SSSR count). The standard InChI is InChI=1S/C14H18ClN3O/c1-4-10-5-6-13(12(16)7-10)19-8-11-9(2)17-18(3)14(11)15/h5-7H,4,8,16H2,1-3H3. The van der Waals surface area contributed by atoms with Crippen molar-refractivity contribution < 1.29 is 4.74 Å². The number of rotatable bonds is 4. The summed E-state index contributed by atoms with van der Waals surface area (Å²) in [6.07, 6.45) is 0.956. The number of nitrogens with two attached hydrogens (primary N) is 1. The van der Waals surface area contributed by atoms with Crippen molar-refractivity contribution in [1.29, 1.82) is 0 Å². The Morgan fingerprint density at radius 1 is 1.42 bits per heavy atom. The van der Waals surface area contributed by atoms with Gasteiger partial charge in [0.1, 0.15) is 17.5 Å². The Kier molecular flexibility index (Phi) is 4.00. The van der Waals surface area contributed by atoms with E-state index in [0.717, 1.165) is 17.7 Å². The lowest BCUT2D eigenvalue weighted by molar-refractivity contribution is 0.307. The number of halogens is 1. The van der Waals surface area contributed by atoms with Gasteiger partial charge >= 0.3 is 0 Å². The maximum absolute atomic E-state index is 6.16. The van der Waals surface area contributed by atoms with Crippen molar-refractivity contribution in [2.45, 2.75) is 26.9 Å². The highest BCUT2D eigenvalue weighted by Crippen LogP contribution is 2.26. The lowest BCUT2D eigenvalue weighted by Gasteiger charge is -2.10. The van der Waals surface area contributed by atoms with E-state index in [1.54, 1.807) is 4.68 Å². The molecule has 2 N–H and O–H groups in total. The third-order valence-corrected chi connectivity index (χ3v) is 3.60. The first kappa shape index (κ1) is 13.7. The molecule has 102 valence electrons. The van der Waals surface area contributed by atoms with E-state index in [0.29, 0.717) is 23.2 Å². The van der Waals surface area contributed by atoms with Crippen LogP contribution < -0.4 is 10.5 Å². The zero-order valence-electron chi connectivity index (χ0n) is 11.4. The van der Waals surface area contributed by atoms with Crippen LogP contribution in [0.15, 0.2) is 18.2 Å². The molecule has 2 aromatic rings. The molecule has 0 spiro atoms. The van der Waals surface area contributed by atoms with Gasteiger partial charge in [0, 0.05) is 12.6 Å². The van der Waals surface area contributed by atoms with Crippen LogP contribution in [0.25, 0.3) is 0 Å². The number of ether oxygens (including phenoxy) is 1. The second kappa shape index (κ2) is 5.53. The summed E-state index contributed by atoms with van der Waals surface area (Å²) in [6, 6.07) is 5.85. The molecule has 0 aliphatic carbocycles. The van der Waals surface area contributed by atoms with Gasteiger partial charge in [-0.05, 0) is 31.0 Å². The van der Waals surface area contributed by atoms with E-state index in [2.05, 4.69) is 12.0 Å². The Labute approximate surface area is 118 Å². The van der Waals surface area contributed by atoms with Crippen molar-refractivity contribution in [3.63, 3.8) is 0 Å². The third-order valence-electron chi connectivity index (χ3n) is 3.12. The van der Waals surface area contributed by atoms with Crippen LogP contribution in [0.2, 0.25) is 5.15 Å². The first-order chi connectivity index (χ1) is 9.02. The van der Waals surface area contributed by atoms with Gasteiger partial charge in [0.15, 0.2) is 0 Å². The van der Waals surface area contributed by atoms with Gasteiger partial charge in [0.25, 0.3) is 0 Å². The third kappa shape index (κ3) is 2.84. The van der Waals surface area contributed by atoms with Gasteiger partial charge < -0.3 is 10.5 Å². The first-order valence-electron chi connectivity index (χ1n) is 6.22. The summed E-state index contributed by atoms with van der Waals surface area (Å²) in [5.74, 6) is 0.677. The van der Waals surface area contributed by atoms with Crippen molar-refractivity contribution in [3.8, 4) is 5.75 Å². The second-order valence-electron chi connectivity index (χ2n) is 4.49. The van der Waals surface area contributed by atoms with Crippen molar-refractivity contribution in [2.24, 2.45) is 7.05 Å². The number of anilines is 1. The van der Waals surface area contributed by atoms with Gasteiger partial charge in [-0.1, -0.05) is 24.6 Å². The summed E-state index contributed by atoms with van der Waals surface area (Å²) < 4.78 is 7.37. The lowest BCUT2D eigenvalue weighted by Crippen LogP contribution is -2.00. The summed E-state index contributed by atoms with van der Waals surface area (Å²) in [5.41, 5.74) is 9.57. The number of benzene rings is 1. The summed E-state index contributed by atoms with van der Waals surface area (Å²) in [6.45, 7) is 4.37. The van der Waals surface area contributed by atoms with Crippen LogP contribution >= 0.6 is 11.6 Å². The van der Waals surface area contributed by atoms with E-state index >= 15 is 0 Å². The highest BCUT2D eigenvalue weighted by molar-refractivity contribution is 6.30. The summed E-state index contributed by atoms with van der Waals surface area (Å²) in [5, 5.41) is 4.84. The van der Waals surface area contributed by atoms with Crippen LogP contribution in [-0.4, -0.2) is 9.78 Å². The molecule has 1 heterocycles. The van der Waals surface area contributed by atoms with Gasteiger partial charge in [-0.2, -0.15) is 5.10 Å². The minimum absolute atomic E-state index is 0.369. The minimum atomic E-state index is 0.369. The molecular formula is C14H18ClN3O. The Balaban J connectivity index is 2.14. The van der Waals surface area contributed by atoms with Gasteiger partial charge in [-0.25, -0.2) is 0 Å². The summed E-state index contributed by atoms with van der Waals surface area (Å²) in [4.78, 5) is 0. The van der Waals surface area contributed by atoms with Crippen LogP contribution in [-0.2, 0) is 20.1 Å². The molecule has 1 aromatic carbocycles. The number of hydrogen-bond acceptors (Lipinski definition) is 3. The fraction of sp³-hybridized carbons (Fsp3) is 0.357. The molecule has 0 fully saturated rings. The minimum Gasteiger partial charge on any atom is -0.487 e. The Hall–Kier alpha value is -1.68. The van der Waals surface area contributed by atoms with E-state index in [-0.39, 0.29) is 0 Å². The smallest absolute Gasteiger partial charge is 0.142 e. The molecule has 0 amide bonds. The molecule has 0 saturated heterocycles. The largest absolute Gasteiger partial charge is 0.487 e. The van der Waals surface area contributed by atoms with E-state index in [1.165, 1.54) is 5.56 Å². The second-order valence-corrected chi connectivity index (χ2v) is 4.85. The number of aryl methyl sites for hydroxylation is 3. The van der Waals surface area contributed by atoms with Crippen LogP contribution in [0.5, 0.6) is 5.75 Å². The van der Waals surface area contributed by atoms with Gasteiger partial charge in [-0.15, -0.1) is 0 Å². The maximum Gasteiger partial charge on any atom is 0.142 e. The Morgan fingerprint density at radius 3 is 2.68 bits per heavy atom. The van der Waals surface area contributed by atoms with Gasteiger partial charge in [-0.3, -0.25) is 4.68 Å². The number of nitrogens with zero attached hydrogens (tertiary/aromatic N) is 2. The lowest BCUT2D eigenvalue weighted by atomic mass is 10.1. The molecule has 19 heavy (non-hydrogen) atoms. The molecule has 0 radical (unpaired) electrons. The molecule has 5 heteroatoms. The molecule has 4 nitrogen and oxygen atoms in total. The molecule has 0 aliphatic rings. The quantitative estimate of drug-likeness (QED) is 0.875. The van der Waals surface area contributed by atoms with E-state index in [1.807, 2.05) is 32.2 Å². The fourth-order valence-electron chi connectivity index (χ4n) is 1.94.